The Balaban J connectivity index is 1.91. The van der Waals surface area contributed by atoms with Crippen LogP contribution in [0.2, 0.25) is 0 Å². The molecule has 19 heavy (non-hydrogen) atoms. The number of hydrogen-bond acceptors (Lipinski definition) is 4. The van der Waals surface area contributed by atoms with E-state index in [9.17, 15) is 4.79 Å². The molecule has 1 fully saturated rings. The van der Waals surface area contributed by atoms with Gasteiger partial charge in [-0.05, 0) is 31.1 Å². The molecule has 2 rings (SSSR count). The molecule has 0 atom stereocenters. The Kier molecular flexibility index (Phi) is 5.13. The molecule has 104 valence electrons. The van der Waals surface area contributed by atoms with Crippen molar-refractivity contribution in [3.8, 4) is 0 Å². The maximum atomic E-state index is 10.5. The van der Waals surface area contributed by atoms with Crippen LogP contribution in [-0.2, 0) is 16.1 Å². The normalized spacial score (nSPS) is 15.5. The number of rotatable bonds is 8. The first-order valence-corrected chi connectivity index (χ1v) is 7.23. The van der Waals surface area contributed by atoms with Crippen molar-refractivity contribution in [3.63, 3.8) is 0 Å². The number of carboxylic acid groups (broad SMARTS) is 1. The number of thiophene rings is 1. The zero-order chi connectivity index (χ0) is 13.7. The molecule has 0 bridgehead atoms. The van der Waals surface area contributed by atoms with Gasteiger partial charge in [-0.3, -0.25) is 4.90 Å². The smallest absolute Gasteiger partial charge is 0.328 e. The van der Waals surface area contributed by atoms with Gasteiger partial charge in [0.15, 0.2) is 0 Å². The fourth-order valence-electron chi connectivity index (χ4n) is 1.96. The highest BCUT2D eigenvalue weighted by Gasteiger charge is 2.28. The van der Waals surface area contributed by atoms with E-state index in [1.807, 2.05) is 6.07 Å². The fraction of sp³-hybridized carbons (Fsp3) is 0.500. The first-order chi connectivity index (χ1) is 9.19. The second-order valence-electron chi connectivity index (χ2n) is 4.67. The summed E-state index contributed by atoms with van der Waals surface area (Å²) in [5.74, 6) is -0.908. The lowest BCUT2D eigenvalue weighted by atomic mass is 10.3. The highest BCUT2D eigenvalue weighted by molar-refractivity contribution is 7.12. The number of carbonyl (C=O) groups is 1. The number of carboxylic acids is 1. The van der Waals surface area contributed by atoms with Gasteiger partial charge in [0.2, 0.25) is 0 Å². The molecular weight excluding hydrogens is 262 g/mol. The highest BCUT2D eigenvalue weighted by atomic mass is 32.1. The van der Waals surface area contributed by atoms with Gasteiger partial charge in [0.25, 0.3) is 0 Å². The van der Waals surface area contributed by atoms with Crippen molar-refractivity contribution in [1.29, 1.82) is 0 Å². The van der Waals surface area contributed by atoms with Crippen molar-refractivity contribution < 1.29 is 14.6 Å². The van der Waals surface area contributed by atoms with Crippen molar-refractivity contribution in [2.45, 2.75) is 25.4 Å². The average Bonchev–Trinajstić information content (AvgIpc) is 3.13. The number of hydrogen-bond donors (Lipinski definition) is 1. The molecule has 4 nitrogen and oxygen atoms in total. The van der Waals surface area contributed by atoms with E-state index in [4.69, 9.17) is 9.84 Å². The maximum Gasteiger partial charge on any atom is 0.328 e. The largest absolute Gasteiger partial charge is 0.478 e. The van der Waals surface area contributed by atoms with Crippen LogP contribution in [0.5, 0.6) is 0 Å². The van der Waals surface area contributed by atoms with Crippen LogP contribution in [0.15, 0.2) is 18.2 Å². The van der Waals surface area contributed by atoms with E-state index in [-0.39, 0.29) is 0 Å². The molecule has 0 spiro atoms. The number of nitrogens with zero attached hydrogens (tertiary/aromatic N) is 1. The molecule has 1 aromatic rings. The molecule has 1 N–H and O–H groups in total. The Hall–Kier alpha value is -1.17. The summed E-state index contributed by atoms with van der Waals surface area (Å²) in [6, 6.07) is 4.75. The van der Waals surface area contributed by atoms with E-state index in [0.717, 1.165) is 24.6 Å². The van der Waals surface area contributed by atoms with Crippen molar-refractivity contribution in [1.82, 2.24) is 4.90 Å². The van der Waals surface area contributed by atoms with Gasteiger partial charge in [-0.1, -0.05) is 0 Å². The Morgan fingerprint density at radius 3 is 3.00 bits per heavy atom. The molecular formula is C14H19NO3S. The standard InChI is InChI=1S/C14H19NO3S/c1-18-9-8-15(11-2-3-11)10-13-5-4-12(19-13)6-7-14(16)17/h4-7,11H,2-3,8-10H2,1H3,(H,16,17). The minimum Gasteiger partial charge on any atom is -0.478 e. The number of ether oxygens (including phenoxy) is 1. The number of methoxy groups -OCH3 is 1. The van der Waals surface area contributed by atoms with E-state index < -0.39 is 5.97 Å². The summed E-state index contributed by atoms with van der Waals surface area (Å²) < 4.78 is 5.14. The van der Waals surface area contributed by atoms with Crippen molar-refractivity contribution >= 4 is 23.4 Å². The summed E-state index contributed by atoms with van der Waals surface area (Å²) in [6.45, 7) is 2.65. The van der Waals surface area contributed by atoms with Crippen LogP contribution in [0.4, 0.5) is 0 Å². The van der Waals surface area contributed by atoms with Crippen molar-refractivity contribution in [3.05, 3.63) is 28.0 Å². The van der Waals surface area contributed by atoms with Crippen LogP contribution in [-0.4, -0.2) is 42.3 Å². The zero-order valence-corrected chi connectivity index (χ0v) is 11.9. The third-order valence-electron chi connectivity index (χ3n) is 3.08. The third-order valence-corrected chi connectivity index (χ3v) is 4.11. The van der Waals surface area contributed by atoms with Gasteiger partial charge in [0, 0.05) is 42.1 Å². The third kappa shape index (κ3) is 4.78. The Bertz CT molecular complexity index is 451. The summed E-state index contributed by atoms with van der Waals surface area (Å²) in [4.78, 5) is 15.2. The average molecular weight is 281 g/mol. The van der Waals surface area contributed by atoms with E-state index in [1.165, 1.54) is 23.8 Å². The van der Waals surface area contributed by atoms with E-state index >= 15 is 0 Å². The lowest BCUT2D eigenvalue weighted by molar-refractivity contribution is -0.131. The van der Waals surface area contributed by atoms with Crippen LogP contribution in [0.3, 0.4) is 0 Å². The fourth-order valence-corrected chi connectivity index (χ4v) is 2.90. The highest BCUT2D eigenvalue weighted by Crippen LogP contribution is 2.29. The van der Waals surface area contributed by atoms with E-state index in [2.05, 4.69) is 11.0 Å². The SMILES string of the molecule is COCCN(Cc1ccc(C=CC(=O)O)s1)C1CC1. The van der Waals surface area contributed by atoms with Crippen LogP contribution >= 0.6 is 11.3 Å². The minimum absolute atomic E-state index is 0.704. The molecule has 0 aromatic carbocycles. The molecule has 0 unspecified atom stereocenters. The summed E-state index contributed by atoms with van der Waals surface area (Å²) in [5, 5.41) is 8.60. The molecule has 1 aliphatic rings. The Labute approximate surface area is 117 Å². The lowest BCUT2D eigenvalue weighted by Crippen LogP contribution is -2.28. The topological polar surface area (TPSA) is 49.8 Å². The van der Waals surface area contributed by atoms with Gasteiger partial charge in [-0.25, -0.2) is 4.79 Å². The zero-order valence-electron chi connectivity index (χ0n) is 11.0. The Morgan fingerprint density at radius 2 is 2.37 bits per heavy atom. The van der Waals surface area contributed by atoms with Crippen LogP contribution < -0.4 is 0 Å². The van der Waals surface area contributed by atoms with Gasteiger partial charge in [-0.2, -0.15) is 0 Å². The Morgan fingerprint density at radius 1 is 1.58 bits per heavy atom. The molecule has 1 saturated carbocycles. The molecule has 0 amide bonds. The van der Waals surface area contributed by atoms with E-state index in [1.54, 1.807) is 24.5 Å². The molecule has 0 saturated heterocycles. The molecule has 0 radical (unpaired) electrons. The summed E-state index contributed by atoms with van der Waals surface area (Å²) in [5.41, 5.74) is 0. The summed E-state index contributed by atoms with van der Waals surface area (Å²) in [6.07, 6.45) is 5.38. The van der Waals surface area contributed by atoms with Crippen LogP contribution in [0.25, 0.3) is 6.08 Å². The summed E-state index contributed by atoms with van der Waals surface area (Å²) >= 11 is 1.65. The van der Waals surface area contributed by atoms with E-state index in [0.29, 0.717) is 6.04 Å². The van der Waals surface area contributed by atoms with Gasteiger partial charge in [-0.15, -0.1) is 11.3 Å². The quantitative estimate of drug-likeness (QED) is 0.744. The second kappa shape index (κ2) is 6.84. The predicted molar refractivity (Wildman–Crippen MR) is 76.3 cm³/mol. The minimum atomic E-state index is -0.908. The maximum absolute atomic E-state index is 10.5. The number of aliphatic carboxylic acids is 1. The molecule has 1 aromatic heterocycles. The van der Waals surface area contributed by atoms with Gasteiger partial charge < -0.3 is 9.84 Å². The van der Waals surface area contributed by atoms with Crippen LogP contribution in [0.1, 0.15) is 22.6 Å². The first kappa shape index (κ1) is 14.2. The van der Waals surface area contributed by atoms with Crippen LogP contribution in [0, 0.1) is 0 Å². The molecule has 0 aliphatic heterocycles. The van der Waals surface area contributed by atoms with Crippen molar-refractivity contribution in [2.75, 3.05) is 20.3 Å². The molecule has 1 aliphatic carbocycles. The van der Waals surface area contributed by atoms with Gasteiger partial charge in [0.05, 0.1) is 6.61 Å². The van der Waals surface area contributed by atoms with Gasteiger partial charge >= 0.3 is 5.97 Å². The monoisotopic (exact) mass is 281 g/mol. The predicted octanol–water partition coefficient (Wildman–Crippen LogP) is 2.46. The first-order valence-electron chi connectivity index (χ1n) is 6.41. The lowest BCUT2D eigenvalue weighted by Gasteiger charge is -2.20. The van der Waals surface area contributed by atoms with Gasteiger partial charge in [0.1, 0.15) is 0 Å². The molecule has 1 heterocycles. The summed E-state index contributed by atoms with van der Waals surface area (Å²) in [7, 11) is 1.73. The molecule has 5 heteroatoms. The second-order valence-corrected chi connectivity index (χ2v) is 5.87. The van der Waals surface area contributed by atoms with Crippen molar-refractivity contribution in [2.24, 2.45) is 0 Å².